The Morgan fingerprint density at radius 2 is 1.75 bits per heavy atom. The van der Waals surface area contributed by atoms with Crippen LogP contribution in [0.1, 0.15) is 36.0 Å². The molecule has 0 aliphatic carbocycles. The van der Waals surface area contributed by atoms with Gasteiger partial charge in [-0.2, -0.15) is 0 Å². The molecule has 1 aliphatic heterocycles. The third kappa shape index (κ3) is 3.37. The molecule has 1 aliphatic rings. The molecule has 2 N–H and O–H groups in total. The van der Waals surface area contributed by atoms with Crippen LogP contribution >= 0.6 is 0 Å². The maximum Gasteiger partial charge on any atom is 0.222 e. The van der Waals surface area contributed by atoms with E-state index in [1.54, 1.807) is 0 Å². The van der Waals surface area contributed by atoms with Crippen LogP contribution in [0.3, 0.4) is 0 Å². The van der Waals surface area contributed by atoms with E-state index in [9.17, 15) is 5.11 Å². The molecule has 24 heavy (non-hydrogen) atoms. The van der Waals surface area contributed by atoms with Gasteiger partial charge in [0.05, 0.1) is 19.3 Å². The van der Waals surface area contributed by atoms with Crippen LogP contribution in [-0.2, 0) is 21.9 Å². The van der Waals surface area contributed by atoms with Crippen LogP contribution in [0.25, 0.3) is 0 Å². The van der Waals surface area contributed by atoms with Crippen molar-refractivity contribution in [2.24, 2.45) is 0 Å². The van der Waals surface area contributed by atoms with Gasteiger partial charge in [0.25, 0.3) is 0 Å². The molecule has 0 aromatic heterocycles. The Labute approximate surface area is 142 Å². The van der Waals surface area contributed by atoms with Crippen LogP contribution in [0.15, 0.2) is 54.6 Å². The molecule has 2 aromatic rings. The maximum absolute atomic E-state index is 9.77. The SMILES string of the molecule is OCCCC1CCOC(c2ccccc2)(c2ccccc2CO)O1. The van der Waals surface area contributed by atoms with E-state index < -0.39 is 5.79 Å². The highest BCUT2D eigenvalue weighted by atomic mass is 16.7. The van der Waals surface area contributed by atoms with Gasteiger partial charge in [0.1, 0.15) is 0 Å². The number of rotatable bonds is 6. The Morgan fingerprint density at radius 3 is 2.50 bits per heavy atom. The summed E-state index contributed by atoms with van der Waals surface area (Å²) in [5.41, 5.74) is 2.55. The number of benzene rings is 2. The van der Waals surface area contributed by atoms with E-state index in [1.807, 2.05) is 54.6 Å². The van der Waals surface area contributed by atoms with E-state index in [0.29, 0.717) is 13.0 Å². The Kier molecular flexibility index (Phi) is 5.63. The van der Waals surface area contributed by atoms with Gasteiger partial charge in [-0.25, -0.2) is 0 Å². The molecule has 0 radical (unpaired) electrons. The average molecular weight is 328 g/mol. The molecule has 2 atom stereocenters. The van der Waals surface area contributed by atoms with Crippen molar-refractivity contribution < 1.29 is 19.7 Å². The number of ether oxygens (including phenoxy) is 2. The van der Waals surface area contributed by atoms with Gasteiger partial charge in [0.2, 0.25) is 5.79 Å². The van der Waals surface area contributed by atoms with Crippen LogP contribution < -0.4 is 0 Å². The van der Waals surface area contributed by atoms with E-state index >= 15 is 0 Å². The second kappa shape index (κ2) is 7.90. The third-order valence-electron chi connectivity index (χ3n) is 4.46. The van der Waals surface area contributed by atoms with Gasteiger partial charge in [-0.3, -0.25) is 0 Å². The molecule has 1 fully saturated rings. The highest BCUT2D eigenvalue weighted by Crippen LogP contribution is 2.41. The molecule has 1 heterocycles. The minimum atomic E-state index is -1.01. The molecule has 2 unspecified atom stereocenters. The smallest absolute Gasteiger partial charge is 0.222 e. The summed E-state index contributed by atoms with van der Waals surface area (Å²) < 4.78 is 12.6. The molecule has 0 spiro atoms. The fourth-order valence-corrected chi connectivity index (χ4v) is 3.27. The van der Waals surface area contributed by atoms with Crippen molar-refractivity contribution in [2.45, 2.75) is 37.8 Å². The number of hydrogen-bond acceptors (Lipinski definition) is 4. The zero-order valence-electron chi connectivity index (χ0n) is 13.7. The van der Waals surface area contributed by atoms with Crippen molar-refractivity contribution in [1.82, 2.24) is 0 Å². The monoisotopic (exact) mass is 328 g/mol. The predicted molar refractivity (Wildman–Crippen MR) is 91.3 cm³/mol. The molecule has 1 saturated heterocycles. The summed E-state index contributed by atoms with van der Waals surface area (Å²) in [5, 5.41) is 18.9. The number of aliphatic hydroxyl groups is 2. The first-order chi connectivity index (χ1) is 11.8. The van der Waals surface area contributed by atoms with Crippen molar-refractivity contribution in [3.63, 3.8) is 0 Å². The molecule has 2 aromatic carbocycles. The normalized spacial score (nSPS) is 24.0. The summed E-state index contributed by atoms with van der Waals surface area (Å²) in [6, 6.07) is 17.5. The summed E-state index contributed by atoms with van der Waals surface area (Å²) in [5.74, 6) is -1.01. The second-order valence-electron chi connectivity index (χ2n) is 6.04. The van der Waals surface area contributed by atoms with Crippen molar-refractivity contribution >= 4 is 0 Å². The molecular formula is C20H24O4. The molecular weight excluding hydrogens is 304 g/mol. The minimum absolute atomic E-state index is 0.0119. The first kappa shape index (κ1) is 17.1. The van der Waals surface area contributed by atoms with Crippen LogP contribution in [0, 0.1) is 0 Å². The minimum Gasteiger partial charge on any atom is -0.396 e. The molecule has 0 bridgehead atoms. The van der Waals surface area contributed by atoms with Crippen LogP contribution in [0.4, 0.5) is 0 Å². The summed E-state index contributed by atoms with van der Waals surface area (Å²) in [7, 11) is 0. The molecule has 4 nitrogen and oxygen atoms in total. The fraction of sp³-hybridized carbons (Fsp3) is 0.400. The van der Waals surface area contributed by atoms with Gasteiger partial charge in [0.15, 0.2) is 0 Å². The lowest BCUT2D eigenvalue weighted by molar-refractivity contribution is -0.280. The van der Waals surface area contributed by atoms with Crippen molar-refractivity contribution in [3.05, 3.63) is 71.3 Å². The summed E-state index contributed by atoms with van der Waals surface area (Å²) in [4.78, 5) is 0. The first-order valence-corrected chi connectivity index (χ1v) is 8.47. The molecule has 0 saturated carbocycles. The number of hydrogen-bond donors (Lipinski definition) is 2. The van der Waals surface area contributed by atoms with Crippen LogP contribution in [0.5, 0.6) is 0 Å². The topological polar surface area (TPSA) is 58.9 Å². The van der Waals surface area contributed by atoms with Gasteiger partial charge in [-0.15, -0.1) is 0 Å². The van der Waals surface area contributed by atoms with Gasteiger partial charge in [-0.05, 0) is 24.8 Å². The highest BCUT2D eigenvalue weighted by Gasteiger charge is 2.43. The Balaban J connectivity index is 2.05. The van der Waals surface area contributed by atoms with Gasteiger partial charge < -0.3 is 19.7 Å². The average Bonchev–Trinajstić information content (AvgIpc) is 2.67. The van der Waals surface area contributed by atoms with E-state index in [1.165, 1.54) is 0 Å². The van der Waals surface area contributed by atoms with E-state index in [0.717, 1.165) is 29.5 Å². The Hall–Kier alpha value is -1.72. The van der Waals surface area contributed by atoms with Crippen molar-refractivity contribution in [1.29, 1.82) is 0 Å². The summed E-state index contributed by atoms with van der Waals surface area (Å²) in [6.45, 7) is 0.663. The van der Waals surface area contributed by atoms with Gasteiger partial charge in [-0.1, -0.05) is 54.6 Å². The lowest BCUT2D eigenvalue weighted by atomic mass is 9.91. The van der Waals surface area contributed by atoms with Crippen LogP contribution in [0.2, 0.25) is 0 Å². The third-order valence-corrected chi connectivity index (χ3v) is 4.46. The Morgan fingerprint density at radius 1 is 1.00 bits per heavy atom. The lowest BCUT2D eigenvalue weighted by Crippen LogP contribution is -2.44. The zero-order valence-corrected chi connectivity index (χ0v) is 13.7. The van der Waals surface area contributed by atoms with Crippen molar-refractivity contribution in [2.75, 3.05) is 13.2 Å². The number of aliphatic hydroxyl groups excluding tert-OH is 2. The van der Waals surface area contributed by atoms with Gasteiger partial charge in [0, 0.05) is 17.7 Å². The van der Waals surface area contributed by atoms with Crippen LogP contribution in [-0.4, -0.2) is 29.5 Å². The summed E-state index contributed by atoms with van der Waals surface area (Å²) in [6.07, 6.45) is 2.31. The molecule has 3 rings (SSSR count). The van der Waals surface area contributed by atoms with Crippen molar-refractivity contribution in [3.8, 4) is 0 Å². The first-order valence-electron chi connectivity index (χ1n) is 8.47. The van der Waals surface area contributed by atoms with E-state index in [4.69, 9.17) is 14.6 Å². The largest absolute Gasteiger partial charge is 0.396 e. The molecule has 128 valence electrons. The standard InChI is InChI=1S/C20H24O4/c21-13-6-10-18-12-14-23-20(24-18,17-8-2-1-3-9-17)19-11-5-4-7-16(19)15-22/h1-5,7-9,11,18,21-22H,6,10,12-15H2. The Bertz CT molecular complexity index is 643. The molecule has 0 amide bonds. The highest BCUT2D eigenvalue weighted by molar-refractivity contribution is 5.39. The van der Waals surface area contributed by atoms with Gasteiger partial charge >= 0.3 is 0 Å². The second-order valence-corrected chi connectivity index (χ2v) is 6.04. The maximum atomic E-state index is 9.77. The van der Waals surface area contributed by atoms with E-state index in [2.05, 4.69) is 0 Å². The molecule has 4 heteroatoms. The lowest BCUT2D eigenvalue weighted by Gasteiger charge is -2.42. The predicted octanol–water partition coefficient (Wildman–Crippen LogP) is 2.96. The fourth-order valence-electron chi connectivity index (χ4n) is 3.27. The van der Waals surface area contributed by atoms with E-state index in [-0.39, 0.29) is 19.3 Å². The summed E-state index contributed by atoms with van der Waals surface area (Å²) >= 11 is 0. The zero-order chi connectivity index (χ0) is 16.8. The quantitative estimate of drug-likeness (QED) is 0.856.